The molecule has 206 valence electrons. The van der Waals surface area contributed by atoms with Crippen LogP contribution in [0, 0.1) is 0 Å². The van der Waals surface area contributed by atoms with E-state index in [1.54, 1.807) is 0 Å². The maximum atomic E-state index is 11.0. The van der Waals surface area contributed by atoms with Crippen molar-refractivity contribution in [3.63, 3.8) is 0 Å². The SMILES string of the molecule is O=P(O)(O)/C(CCCCCCCCCCCCCCCCCCCC/C(=N/O)P(=O)(O)O)=N\O.[NaH].[NaH]. The zero-order chi connectivity index (χ0) is 25.7. The molecule has 10 nitrogen and oxygen atoms in total. The van der Waals surface area contributed by atoms with Crippen LogP contribution in [-0.2, 0) is 9.13 Å². The molecule has 0 aromatic heterocycles. The molecule has 36 heavy (non-hydrogen) atoms. The molecule has 0 aliphatic heterocycles. The minimum atomic E-state index is -4.41. The Morgan fingerprint density at radius 1 is 0.417 bits per heavy atom. The van der Waals surface area contributed by atoms with Crippen LogP contribution in [0.3, 0.4) is 0 Å². The fourth-order valence-corrected chi connectivity index (χ4v) is 5.03. The van der Waals surface area contributed by atoms with E-state index in [-0.39, 0.29) is 72.0 Å². The molecule has 0 aliphatic carbocycles. The number of hydrogen-bond acceptors (Lipinski definition) is 6. The second-order valence-electron chi connectivity index (χ2n) is 8.98. The Kier molecular flexibility index (Phi) is 30.7. The molecule has 14 heteroatoms. The first-order valence-electron chi connectivity index (χ1n) is 12.7. The topological polar surface area (TPSA) is 180 Å². The van der Waals surface area contributed by atoms with E-state index < -0.39 is 26.1 Å². The molecule has 0 amide bonds. The number of oxime groups is 2. The van der Waals surface area contributed by atoms with Gasteiger partial charge in [0, 0.05) is 12.8 Å². The molecule has 0 atom stereocenters. The van der Waals surface area contributed by atoms with Crippen molar-refractivity contribution in [1.82, 2.24) is 0 Å². The van der Waals surface area contributed by atoms with Gasteiger partial charge in [-0.05, 0) is 12.8 Å². The van der Waals surface area contributed by atoms with Crippen LogP contribution in [-0.4, -0.2) is 100 Å². The van der Waals surface area contributed by atoms with Crippen molar-refractivity contribution in [2.24, 2.45) is 10.3 Å². The van der Waals surface area contributed by atoms with Crippen molar-refractivity contribution in [2.45, 2.75) is 128 Å². The van der Waals surface area contributed by atoms with Crippen molar-refractivity contribution >= 4 is 85.2 Å². The van der Waals surface area contributed by atoms with Crippen LogP contribution in [0.2, 0.25) is 0 Å². The zero-order valence-electron chi connectivity index (χ0n) is 20.4. The molecule has 0 fully saturated rings. The Balaban J connectivity index is -0.00000544. The van der Waals surface area contributed by atoms with Gasteiger partial charge in [0.05, 0.1) is 0 Å². The van der Waals surface area contributed by atoms with Crippen LogP contribution in [0.4, 0.5) is 0 Å². The van der Waals surface area contributed by atoms with E-state index in [0.29, 0.717) is 12.8 Å². The quantitative estimate of drug-likeness (QED) is 0.0233. The third-order valence-electron chi connectivity index (χ3n) is 5.95. The van der Waals surface area contributed by atoms with Crippen molar-refractivity contribution < 1.29 is 39.1 Å². The molecular weight excluding hydrogens is 528 g/mol. The predicted molar refractivity (Wildman–Crippen MR) is 149 cm³/mol. The van der Waals surface area contributed by atoms with Gasteiger partial charge >= 0.3 is 74.3 Å². The fraction of sp³-hybridized carbons (Fsp3) is 0.909. The van der Waals surface area contributed by atoms with Gasteiger partial charge in [-0.25, -0.2) is 0 Å². The molecule has 0 heterocycles. The molecule has 0 rings (SSSR count). The van der Waals surface area contributed by atoms with E-state index in [2.05, 4.69) is 10.3 Å². The standard InChI is InChI=1S/C22H46N2O8P2.2Na.2H/c25-23-21(33(27,28)29)19-17-15-13-11-9-7-5-3-1-2-4-6-8-10-12-14-16-18-20-22(24-26)34(30,31)32;;;;/h25-26H,1-20H2,(H2,27,28,29)(H2,30,31,32);;;;/b23-21-,24-22-;;;;. The molecule has 0 saturated heterocycles. The summed E-state index contributed by atoms with van der Waals surface area (Å²) >= 11 is 0. The molecule has 0 saturated carbocycles. The van der Waals surface area contributed by atoms with Gasteiger partial charge in [0.15, 0.2) is 10.9 Å². The molecule has 0 aromatic rings. The van der Waals surface area contributed by atoms with Crippen LogP contribution in [0.25, 0.3) is 0 Å². The Bertz CT molecular complexity index is 616. The summed E-state index contributed by atoms with van der Waals surface area (Å²) in [5.74, 6) is 0. The van der Waals surface area contributed by atoms with E-state index in [0.717, 1.165) is 38.5 Å². The van der Waals surface area contributed by atoms with Crippen molar-refractivity contribution in [3.8, 4) is 0 Å². The third-order valence-corrected chi connectivity index (χ3v) is 7.93. The molecular formula is C22H48N2Na2O8P2. The van der Waals surface area contributed by atoms with Crippen LogP contribution in [0.5, 0.6) is 0 Å². The Hall–Kier alpha value is 1.24. The van der Waals surface area contributed by atoms with Crippen LogP contribution >= 0.6 is 15.2 Å². The van der Waals surface area contributed by atoms with Crippen LogP contribution in [0.15, 0.2) is 10.3 Å². The molecule has 0 aliphatic rings. The maximum absolute atomic E-state index is 11.0. The number of nitrogens with zero attached hydrogens (tertiary/aromatic N) is 2. The van der Waals surface area contributed by atoms with Gasteiger partial charge < -0.3 is 30.0 Å². The molecule has 0 radical (unpaired) electrons. The second kappa shape index (κ2) is 26.5. The van der Waals surface area contributed by atoms with Gasteiger partial charge in [0.25, 0.3) is 0 Å². The normalized spacial score (nSPS) is 12.8. The molecule has 6 N–H and O–H groups in total. The first-order valence-corrected chi connectivity index (χ1v) is 15.9. The van der Waals surface area contributed by atoms with E-state index in [1.807, 2.05) is 0 Å². The molecule has 0 spiro atoms. The average Bonchev–Trinajstić information content (AvgIpc) is 2.75. The number of unbranched alkanes of at least 4 members (excludes halogenated alkanes) is 17. The summed E-state index contributed by atoms with van der Waals surface area (Å²) in [4.78, 5) is 35.8. The number of rotatable bonds is 23. The van der Waals surface area contributed by atoms with Gasteiger partial charge in [0.1, 0.15) is 0 Å². The zero-order valence-corrected chi connectivity index (χ0v) is 22.2. The van der Waals surface area contributed by atoms with E-state index in [4.69, 9.17) is 30.0 Å². The monoisotopic (exact) mass is 576 g/mol. The summed E-state index contributed by atoms with van der Waals surface area (Å²) < 4.78 is 22.0. The van der Waals surface area contributed by atoms with Gasteiger partial charge in [-0.3, -0.25) is 9.13 Å². The van der Waals surface area contributed by atoms with Crippen molar-refractivity contribution in [2.75, 3.05) is 0 Å². The predicted octanol–water partition coefficient (Wildman–Crippen LogP) is 5.42. The van der Waals surface area contributed by atoms with Crippen LogP contribution in [0.1, 0.15) is 128 Å². The Labute approximate surface area is 261 Å². The van der Waals surface area contributed by atoms with Crippen molar-refractivity contribution in [3.05, 3.63) is 0 Å². The summed E-state index contributed by atoms with van der Waals surface area (Å²) in [5.41, 5.74) is -0.843. The summed E-state index contributed by atoms with van der Waals surface area (Å²) in [5, 5.41) is 22.7. The van der Waals surface area contributed by atoms with E-state index in [1.165, 1.54) is 64.2 Å². The van der Waals surface area contributed by atoms with Gasteiger partial charge in [-0.15, -0.1) is 0 Å². The average molecular weight is 577 g/mol. The minimum absolute atomic E-state index is 0. The summed E-state index contributed by atoms with van der Waals surface area (Å²) in [7, 11) is -8.82. The molecule has 0 unspecified atom stereocenters. The molecule has 0 aromatic carbocycles. The fourth-order valence-electron chi connectivity index (χ4n) is 3.90. The van der Waals surface area contributed by atoms with Gasteiger partial charge in [-0.2, -0.15) is 0 Å². The van der Waals surface area contributed by atoms with Crippen LogP contribution < -0.4 is 0 Å². The van der Waals surface area contributed by atoms with E-state index >= 15 is 0 Å². The first-order chi connectivity index (χ1) is 16.1. The summed E-state index contributed by atoms with van der Waals surface area (Å²) in [6.45, 7) is 0. The third kappa shape index (κ3) is 25.5. The van der Waals surface area contributed by atoms with Gasteiger partial charge in [0.2, 0.25) is 0 Å². The van der Waals surface area contributed by atoms with Crippen molar-refractivity contribution in [1.29, 1.82) is 0 Å². The number of hydrogen-bond donors (Lipinski definition) is 6. The van der Waals surface area contributed by atoms with Gasteiger partial charge in [-0.1, -0.05) is 113 Å². The second-order valence-corrected chi connectivity index (χ2v) is 12.2. The summed E-state index contributed by atoms with van der Waals surface area (Å²) in [6, 6.07) is 0. The molecule has 0 bridgehead atoms. The Morgan fingerprint density at radius 3 is 0.722 bits per heavy atom. The van der Waals surface area contributed by atoms with E-state index in [9.17, 15) is 9.13 Å². The summed E-state index contributed by atoms with van der Waals surface area (Å²) in [6.07, 6.45) is 20.1. The Morgan fingerprint density at radius 2 is 0.583 bits per heavy atom. The first kappa shape index (κ1) is 41.7.